The van der Waals surface area contributed by atoms with Gasteiger partial charge in [-0.25, -0.2) is 12.8 Å². The number of hydrogen-bond acceptors (Lipinski definition) is 4. The Morgan fingerprint density at radius 1 is 1.19 bits per heavy atom. The Hall–Kier alpha value is -2.16. The average molecular weight is 415 g/mol. The Morgan fingerprint density at radius 2 is 1.85 bits per heavy atom. The Morgan fingerprint density at radius 3 is 2.41 bits per heavy atom. The first-order valence-electron chi connectivity index (χ1n) is 8.19. The third-order valence-electron chi connectivity index (χ3n) is 3.94. The van der Waals surface area contributed by atoms with Gasteiger partial charge < -0.3 is 10.1 Å². The zero-order valence-electron chi connectivity index (χ0n) is 15.1. The molecule has 0 aliphatic carbocycles. The molecule has 0 aromatic heterocycles. The molecule has 0 atom stereocenters. The topological polar surface area (TPSA) is 75.7 Å². The molecular formula is C18H20ClFN2O4S. The molecule has 27 heavy (non-hydrogen) atoms. The average Bonchev–Trinajstić information content (AvgIpc) is 2.64. The molecular weight excluding hydrogens is 395 g/mol. The van der Waals surface area contributed by atoms with E-state index in [1.165, 1.54) is 41.7 Å². The minimum absolute atomic E-state index is 0.00631. The van der Waals surface area contributed by atoms with Gasteiger partial charge >= 0.3 is 0 Å². The highest BCUT2D eigenvalue weighted by Crippen LogP contribution is 2.28. The predicted molar refractivity (Wildman–Crippen MR) is 102 cm³/mol. The van der Waals surface area contributed by atoms with Crippen LogP contribution in [0.5, 0.6) is 5.75 Å². The number of anilines is 1. The molecule has 146 valence electrons. The van der Waals surface area contributed by atoms with Crippen LogP contribution in [0, 0.1) is 5.82 Å². The van der Waals surface area contributed by atoms with Crippen molar-refractivity contribution in [3.05, 3.63) is 52.8 Å². The number of methoxy groups -OCH3 is 1. The molecule has 0 bridgehead atoms. The molecule has 2 aromatic carbocycles. The number of nitrogens with zero attached hydrogens (tertiary/aromatic N) is 1. The SMILES string of the molecule is CCN(CC)S(=O)(=O)c1ccc(Cl)c(NC(=O)c2ccc(OC)c(F)c2)c1. The monoisotopic (exact) mass is 414 g/mol. The molecule has 1 amide bonds. The van der Waals surface area contributed by atoms with E-state index in [1.807, 2.05) is 0 Å². The van der Waals surface area contributed by atoms with Gasteiger partial charge in [0.1, 0.15) is 0 Å². The van der Waals surface area contributed by atoms with E-state index in [2.05, 4.69) is 5.32 Å². The van der Waals surface area contributed by atoms with Crippen molar-refractivity contribution in [1.82, 2.24) is 4.31 Å². The molecule has 1 N–H and O–H groups in total. The zero-order valence-corrected chi connectivity index (χ0v) is 16.7. The number of benzene rings is 2. The minimum atomic E-state index is -3.71. The number of sulfonamides is 1. The van der Waals surface area contributed by atoms with Gasteiger partial charge in [0.25, 0.3) is 5.91 Å². The summed E-state index contributed by atoms with van der Waals surface area (Å²) in [5, 5.41) is 2.68. The molecule has 0 aliphatic rings. The van der Waals surface area contributed by atoms with Gasteiger partial charge in [0.05, 0.1) is 22.7 Å². The second-order valence-corrected chi connectivity index (χ2v) is 7.88. The van der Waals surface area contributed by atoms with E-state index in [4.69, 9.17) is 16.3 Å². The lowest BCUT2D eigenvalue weighted by Crippen LogP contribution is -2.30. The standard InChI is InChI=1S/C18H20ClFN2O4S/c1-4-22(5-2)27(24,25)13-7-8-14(19)16(11-13)21-18(23)12-6-9-17(26-3)15(20)10-12/h6-11H,4-5H2,1-3H3,(H,21,23). The maximum absolute atomic E-state index is 13.8. The molecule has 2 aromatic rings. The Labute approximate surface area is 162 Å². The van der Waals surface area contributed by atoms with E-state index in [1.54, 1.807) is 13.8 Å². The molecule has 0 aliphatic heterocycles. The van der Waals surface area contributed by atoms with Crippen LogP contribution in [-0.4, -0.2) is 38.8 Å². The number of nitrogens with one attached hydrogen (secondary N) is 1. The summed E-state index contributed by atoms with van der Waals surface area (Å²) in [6.45, 7) is 4.10. The minimum Gasteiger partial charge on any atom is -0.494 e. The lowest BCUT2D eigenvalue weighted by atomic mass is 10.2. The maximum atomic E-state index is 13.8. The summed E-state index contributed by atoms with van der Waals surface area (Å²) in [4.78, 5) is 12.4. The van der Waals surface area contributed by atoms with E-state index < -0.39 is 21.7 Å². The highest BCUT2D eigenvalue weighted by molar-refractivity contribution is 7.89. The molecule has 2 rings (SSSR count). The summed E-state index contributed by atoms with van der Waals surface area (Å²) in [5.74, 6) is -1.30. The first-order valence-corrected chi connectivity index (χ1v) is 10.0. The molecule has 0 unspecified atom stereocenters. The maximum Gasteiger partial charge on any atom is 0.255 e. The highest BCUT2D eigenvalue weighted by atomic mass is 35.5. The van der Waals surface area contributed by atoms with Crippen LogP contribution in [0.3, 0.4) is 0 Å². The Kier molecular flexibility index (Phi) is 6.80. The third-order valence-corrected chi connectivity index (χ3v) is 6.32. The van der Waals surface area contributed by atoms with Crippen molar-refractivity contribution in [2.45, 2.75) is 18.7 Å². The molecule has 0 heterocycles. The molecule has 9 heteroatoms. The number of amides is 1. The number of halogens is 2. The molecule has 0 saturated carbocycles. The molecule has 0 saturated heterocycles. The predicted octanol–water partition coefficient (Wildman–Crippen LogP) is 3.77. The summed E-state index contributed by atoms with van der Waals surface area (Å²) in [7, 11) is -2.39. The van der Waals surface area contributed by atoms with Crippen molar-refractivity contribution in [1.29, 1.82) is 0 Å². The Balaban J connectivity index is 2.34. The summed E-state index contributed by atoms with van der Waals surface area (Å²) in [6, 6.07) is 7.79. The Bertz CT molecular complexity index is 946. The van der Waals surface area contributed by atoms with Gasteiger partial charge in [-0.15, -0.1) is 0 Å². The van der Waals surface area contributed by atoms with Crippen molar-refractivity contribution >= 4 is 33.2 Å². The normalized spacial score (nSPS) is 11.5. The number of carbonyl (C=O) groups excluding carboxylic acids is 1. The van der Waals surface area contributed by atoms with Gasteiger partial charge in [0.2, 0.25) is 10.0 Å². The molecule has 0 spiro atoms. The molecule has 0 radical (unpaired) electrons. The number of ether oxygens (including phenoxy) is 1. The fraction of sp³-hybridized carbons (Fsp3) is 0.278. The van der Waals surface area contributed by atoms with Crippen LogP contribution in [0.2, 0.25) is 5.02 Å². The van der Waals surface area contributed by atoms with Gasteiger partial charge in [-0.05, 0) is 36.4 Å². The summed E-state index contributed by atoms with van der Waals surface area (Å²) >= 11 is 6.09. The fourth-order valence-electron chi connectivity index (χ4n) is 2.48. The largest absolute Gasteiger partial charge is 0.494 e. The quantitative estimate of drug-likeness (QED) is 0.748. The van der Waals surface area contributed by atoms with E-state index in [0.717, 1.165) is 6.07 Å². The van der Waals surface area contributed by atoms with Gasteiger partial charge in [-0.3, -0.25) is 4.79 Å². The van der Waals surface area contributed by atoms with Crippen LogP contribution in [0.4, 0.5) is 10.1 Å². The van der Waals surface area contributed by atoms with Crippen molar-refractivity contribution < 1.29 is 22.3 Å². The smallest absolute Gasteiger partial charge is 0.255 e. The third kappa shape index (κ3) is 4.58. The summed E-state index contributed by atoms with van der Waals surface area (Å²) < 4.78 is 45.2. The molecule has 0 fully saturated rings. The van der Waals surface area contributed by atoms with E-state index in [0.29, 0.717) is 13.1 Å². The fourth-order valence-corrected chi connectivity index (χ4v) is 4.12. The van der Waals surface area contributed by atoms with Crippen LogP contribution in [-0.2, 0) is 10.0 Å². The van der Waals surface area contributed by atoms with Gasteiger partial charge in [-0.1, -0.05) is 25.4 Å². The van der Waals surface area contributed by atoms with Crippen molar-refractivity contribution in [2.75, 3.05) is 25.5 Å². The molecule has 6 nitrogen and oxygen atoms in total. The van der Waals surface area contributed by atoms with E-state index in [9.17, 15) is 17.6 Å². The number of rotatable bonds is 7. The summed E-state index contributed by atoms with van der Waals surface area (Å²) in [6.07, 6.45) is 0. The van der Waals surface area contributed by atoms with Crippen LogP contribution < -0.4 is 10.1 Å². The van der Waals surface area contributed by atoms with Crippen LogP contribution in [0.25, 0.3) is 0 Å². The second-order valence-electron chi connectivity index (χ2n) is 5.53. The lowest BCUT2D eigenvalue weighted by molar-refractivity contribution is 0.102. The van der Waals surface area contributed by atoms with Crippen LogP contribution >= 0.6 is 11.6 Å². The van der Waals surface area contributed by atoms with E-state index >= 15 is 0 Å². The van der Waals surface area contributed by atoms with Crippen molar-refractivity contribution in [3.63, 3.8) is 0 Å². The van der Waals surface area contributed by atoms with Crippen molar-refractivity contribution in [3.8, 4) is 5.75 Å². The van der Waals surface area contributed by atoms with Crippen LogP contribution in [0.15, 0.2) is 41.3 Å². The number of hydrogen-bond donors (Lipinski definition) is 1. The highest BCUT2D eigenvalue weighted by Gasteiger charge is 2.23. The van der Waals surface area contributed by atoms with Gasteiger partial charge in [0, 0.05) is 18.7 Å². The van der Waals surface area contributed by atoms with Gasteiger partial charge in [0.15, 0.2) is 11.6 Å². The zero-order chi connectivity index (χ0) is 20.2. The lowest BCUT2D eigenvalue weighted by Gasteiger charge is -2.19. The van der Waals surface area contributed by atoms with Crippen molar-refractivity contribution in [2.24, 2.45) is 0 Å². The first kappa shape index (κ1) is 21.1. The van der Waals surface area contributed by atoms with Crippen LogP contribution in [0.1, 0.15) is 24.2 Å². The second kappa shape index (κ2) is 8.69. The van der Waals surface area contributed by atoms with Gasteiger partial charge in [-0.2, -0.15) is 4.31 Å². The first-order chi connectivity index (χ1) is 12.7. The van der Waals surface area contributed by atoms with E-state index in [-0.39, 0.29) is 26.9 Å². The summed E-state index contributed by atoms with van der Waals surface area (Å²) in [5.41, 5.74) is 0.160. The number of carbonyl (C=O) groups is 1.